The Morgan fingerprint density at radius 2 is 2.21 bits per heavy atom. The zero-order valence-electron chi connectivity index (χ0n) is 8.55. The average molecular weight is 208 g/mol. The van der Waals surface area contributed by atoms with Crippen molar-refractivity contribution in [2.45, 2.75) is 38.7 Å². The Morgan fingerprint density at radius 3 is 2.86 bits per heavy atom. The molecule has 0 aromatic carbocycles. The summed E-state index contributed by atoms with van der Waals surface area (Å²) in [6.45, 7) is 5.67. The number of aliphatic hydroxyl groups is 1. The highest BCUT2D eigenvalue weighted by molar-refractivity contribution is 7.12. The summed E-state index contributed by atoms with van der Waals surface area (Å²) in [6, 6.07) is 2.17. The molecule has 1 atom stereocenters. The van der Waals surface area contributed by atoms with Gasteiger partial charge >= 0.3 is 0 Å². The summed E-state index contributed by atoms with van der Waals surface area (Å²) >= 11 is 1.76. The molecule has 14 heavy (non-hydrogen) atoms. The van der Waals surface area contributed by atoms with Crippen molar-refractivity contribution in [1.82, 2.24) is 0 Å². The van der Waals surface area contributed by atoms with Gasteiger partial charge in [-0.1, -0.05) is 6.58 Å². The summed E-state index contributed by atoms with van der Waals surface area (Å²) in [5.41, 5.74) is 2.29. The smallest absolute Gasteiger partial charge is 0.109 e. The Balaban J connectivity index is 2.28. The summed E-state index contributed by atoms with van der Waals surface area (Å²) in [5.74, 6) is 0. The third-order valence-electron chi connectivity index (χ3n) is 2.75. The van der Waals surface area contributed by atoms with Gasteiger partial charge in [0.1, 0.15) is 6.10 Å². The van der Waals surface area contributed by atoms with Crippen molar-refractivity contribution < 1.29 is 5.11 Å². The first kappa shape index (κ1) is 9.94. The van der Waals surface area contributed by atoms with Crippen LogP contribution in [0.4, 0.5) is 0 Å². The van der Waals surface area contributed by atoms with E-state index in [9.17, 15) is 5.11 Å². The zero-order valence-corrected chi connectivity index (χ0v) is 9.36. The number of aryl methyl sites for hydroxylation is 2. The molecular weight excluding hydrogens is 192 g/mol. The van der Waals surface area contributed by atoms with Gasteiger partial charge in [-0.3, -0.25) is 0 Å². The van der Waals surface area contributed by atoms with Crippen LogP contribution in [-0.2, 0) is 12.8 Å². The molecule has 1 aliphatic carbocycles. The number of hydrogen-bond donors (Lipinski definition) is 1. The van der Waals surface area contributed by atoms with Crippen LogP contribution in [0.25, 0.3) is 0 Å². The minimum absolute atomic E-state index is 0.453. The summed E-state index contributed by atoms with van der Waals surface area (Å²) in [6.07, 6.45) is 4.53. The number of aliphatic hydroxyl groups excluding tert-OH is 1. The second-order valence-electron chi connectivity index (χ2n) is 4.05. The molecule has 1 nitrogen and oxygen atoms in total. The van der Waals surface area contributed by atoms with Crippen LogP contribution in [0.1, 0.15) is 41.2 Å². The second kappa shape index (κ2) is 3.87. The highest BCUT2D eigenvalue weighted by Gasteiger charge is 2.17. The fourth-order valence-electron chi connectivity index (χ4n) is 1.89. The van der Waals surface area contributed by atoms with Crippen LogP contribution in [0.2, 0.25) is 0 Å². The standard InChI is InChI=1S/C12H16OS/c1-8(2)12(13)11-7-9-5-3-4-6-10(9)14-11/h7,12-13H,1,3-6H2,2H3. The third kappa shape index (κ3) is 1.77. The van der Waals surface area contributed by atoms with Gasteiger partial charge in [-0.2, -0.15) is 0 Å². The minimum Gasteiger partial charge on any atom is -0.383 e. The molecule has 0 bridgehead atoms. The second-order valence-corrected chi connectivity index (χ2v) is 5.22. The lowest BCUT2D eigenvalue weighted by Gasteiger charge is -2.08. The Kier molecular flexibility index (Phi) is 2.75. The molecule has 2 heteroatoms. The lowest BCUT2D eigenvalue weighted by atomic mass is 9.98. The van der Waals surface area contributed by atoms with Crippen LogP contribution >= 0.6 is 11.3 Å². The van der Waals surface area contributed by atoms with Crippen molar-refractivity contribution >= 4 is 11.3 Å². The topological polar surface area (TPSA) is 20.2 Å². The molecule has 0 amide bonds. The highest BCUT2D eigenvalue weighted by atomic mass is 32.1. The SMILES string of the molecule is C=C(C)C(O)c1cc2c(s1)CCCC2. The number of thiophene rings is 1. The van der Waals surface area contributed by atoms with E-state index >= 15 is 0 Å². The Morgan fingerprint density at radius 1 is 1.50 bits per heavy atom. The lowest BCUT2D eigenvalue weighted by molar-refractivity contribution is 0.220. The molecular formula is C12H16OS. The fraction of sp³-hybridized carbons (Fsp3) is 0.500. The van der Waals surface area contributed by atoms with E-state index in [1.165, 1.54) is 36.1 Å². The van der Waals surface area contributed by atoms with E-state index in [-0.39, 0.29) is 0 Å². The predicted octanol–water partition coefficient (Wildman–Crippen LogP) is 3.24. The normalized spacial score (nSPS) is 17.6. The summed E-state index contributed by atoms with van der Waals surface area (Å²) in [7, 11) is 0. The van der Waals surface area contributed by atoms with Gasteiger partial charge in [0.25, 0.3) is 0 Å². The Bertz CT molecular complexity index is 328. The van der Waals surface area contributed by atoms with Gasteiger partial charge in [0.05, 0.1) is 0 Å². The first-order valence-electron chi connectivity index (χ1n) is 5.13. The van der Waals surface area contributed by atoms with E-state index in [4.69, 9.17) is 0 Å². The largest absolute Gasteiger partial charge is 0.383 e. The molecule has 1 aromatic rings. The van der Waals surface area contributed by atoms with E-state index in [1.807, 2.05) is 6.92 Å². The Labute approximate surface area is 89.1 Å². The molecule has 1 aromatic heterocycles. The van der Waals surface area contributed by atoms with Crippen molar-refractivity contribution in [3.05, 3.63) is 33.5 Å². The lowest BCUT2D eigenvalue weighted by Crippen LogP contribution is -1.96. The van der Waals surface area contributed by atoms with Crippen molar-refractivity contribution in [2.24, 2.45) is 0 Å². The van der Waals surface area contributed by atoms with Gasteiger partial charge in [-0.05, 0) is 49.8 Å². The number of rotatable bonds is 2. The molecule has 1 heterocycles. The monoisotopic (exact) mass is 208 g/mol. The summed E-state index contributed by atoms with van der Waals surface area (Å²) < 4.78 is 0. The summed E-state index contributed by atoms with van der Waals surface area (Å²) in [4.78, 5) is 2.55. The molecule has 76 valence electrons. The van der Waals surface area contributed by atoms with E-state index in [2.05, 4.69) is 12.6 Å². The maximum atomic E-state index is 9.86. The first-order chi connectivity index (χ1) is 6.68. The molecule has 1 aliphatic rings. The molecule has 0 saturated carbocycles. The quantitative estimate of drug-likeness (QED) is 0.740. The molecule has 0 saturated heterocycles. The van der Waals surface area contributed by atoms with Gasteiger partial charge < -0.3 is 5.11 Å². The third-order valence-corrected chi connectivity index (χ3v) is 4.04. The predicted molar refractivity (Wildman–Crippen MR) is 60.7 cm³/mol. The van der Waals surface area contributed by atoms with Gasteiger partial charge in [0, 0.05) is 9.75 Å². The molecule has 0 radical (unpaired) electrons. The van der Waals surface area contributed by atoms with Gasteiger partial charge in [-0.25, -0.2) is 0 Å². The maximum absolute atomic E-state index is 9.86. The van der Waals surface area contributed by atoms with Crippen molar-refractivity contribution in [3.8, 4) is 0 Å². The van der Waals surface area contributed by atoms with Crippen molar-refractivity contribution in [1.29, 1.82) is 0 Å². The molecule has 2 rings (SSSR count). The van der Waals surface area contributed by atoms with Crippen LogP contribution in [0.15, 0.2) is 18.2 Å². The van der Waals surface area contributed by atoms with E-state index in [0.29, 0.717) is 0 Å². The van der Waals surface area contributed by atoms with Gasteiger partial charge in [0.15, 0.2) is 0 Å². The molecule has 1 N–H and O–H groups in total. The zero-order chi connectivity index (χ0) is 10.1. The van der Waals surface area contributed by atoms with E-state index in [0.717, 1.165) is 10.5 Å². The van der Waals surface area contributed by atoms with Crippen LogP contribution in [-0.4, -0.2) is 5.11 Å². The molecule has 0 fully saturated rings. The number of fused-ring (bicyclic) bond motifs is 1. The van der Waals surface area contributed by atoms with Crippen molar-refractivity contribution in [3.63, 3.8) is 0 Å². The van der Waals surface area contributed by atoms with Crippen LogP contribution in [0, 0.1) is 0 Å². The first-order valence-corrected chi connectivity index (χ1v) is 5.95. The summed E-state index contributed by atoms with van der Waals surface area (Å²) in [5, 5.41) is 9.86. The minimum atomic E-state index is -0.453. The maximum Gasteiger partial charge on any atom is 0.109 e. The van der Waals surface area contributed by atoms with Crippen LogP contribution in [0.3, 0.4) is 0 Å². The van der Waals surface area contributed by atoms with Gasteiger partial charge in [0.2, 0.25) is 0 Å². The average Bonchev–Trinajstić information content (AvgIpc) is 2.59. The fourth-order valence-corrected chi connectivity index (χ4v) is 3.23. The van der Waals surface area contributed by atoms with Gasteiger partial charge in [-0.15, -0.1) is 11.3 Å². The molecule has 0 spiro atoms. The highest BCUT2D eigenvalue weighted by Crippen LogP contribution is 2.34. The Hall–Kier alpha value is -0.600. The number of hydrogen-bond acceptors (Lipinski definition) is 2. The van der Waals surface area contributed by atoms with E-state index in [1.54, 1.807) is 11.3 Å². The van der Waals surface area contributed by atoms with E-state index < -0.39 is 6.10 Å². The molecule has 1 unspecified atom stereocenters. The van der Waals surface area contributed by atoms with Crippen LogP contribution < -0.4 is 0 Å². The molecule has 0 aliphatic heterocycles. The van der Waals surface area contributed by atoms with Crippen LogP contribution in [0.5, 0.6) is 0 Å². The van der Waals surface area contributed by atoms with Crippen molar-refractivity contribution in [2.75, 3.05) is 0 Å².